The minimum atomic E-state index is -0.0992. The van der Waals surface area contributed by atoms with Crippen molar-refractivity contribution < 1.29 is 14.3 Å². The van der Waals surface area contributed by atoms with E-state index in [1.54, 1.807) is 11.3 Å². The molecule has 2 heterocycles. The fourth-order valence-electron chi connectivity index (χ4n) is 4.42. The third-order valence-corrected chi connectivity index (χ3v) is 7.67. The first-order valence-corrected chi connectivity index (χ1v) is 13.2. The maximum Gasteiger partial charge on any atom is 0.263 e. The largest absolute Gasteiger partial charge is 0.457 e. The van der Waals surface area contributed by atoms with Gasteiger partial charge in [0.25, 0.3) is 5.91 Å². The Balaban J connectivity index is 1.46. The van der Waals surface area contributed by atoms with Gasteiger partial charge in [-0.15, -0.1) is 0 Å². The average molecular weight is 502 g/mol. The lowest BCUT2D eigenvalue weighted by atomic mass is 10.1. The van der Waals surface area contributed by atoms with E-state index in [4.69, 9.17) is 14.5 Å². The number of hydrogen-bond acceptors (Lipinski definition) is 6. The van der Waals surface area contributed by atoms with Crippen molar-refractivity contribution in [1.82, 2.24) is 9.88 Å². The molecule has 1 saturated heterocycles. The fourth-order valence-corrected chi connectivity index (χ4v) is 5.55. The molecule has 1 aliphatic rings. The molecule has 0 saturated carbocycles. The van der Waals surface area contributed by atoms with Crippen LogP contribution in [0.1, 0.15) is 27.9 Å². The van der Waals surface area contributed by atoms with Gasteiger partial charge in [-0.1, -0.05) is 53.8 Å². The lowest BCUT2D eigenvalue weighted by Crippen LogP contribution is -2.39. The second-order valence-electron chi connectivity index (χ2n) is 9.05. The monoisotopic (exact) mass is 501 g/mol. The zero-order valence-electron chi connectivity index (χ0n) is 20.8. The summed E-state index contributed by atoms with van der Waals surface area (Å²) >= 11 is 1.58. The van der Waals surface area contributed by atoms with Crippen molar-refractivity contribution in [3.8, 4) is 11.5 Å². The number of nitrogens with zero attached hydrogens (tertiary/aromatic N) is 3. The van der Waals surface area contributed by atoms with E-state index in [1.807, 2.05) is 59.5 Å². The van der Waals surface area contributed by atoms with Crippen molar-refractivity contribution in [2.45, 2.75) is 20.3 Å². The molecule has 0 spiro atoms. The van der Waals surface area contributed by atoms with Crippen molar-refractivity contribution in [2.75, 3.05) is 44.3 Å². The minimum absolute atomic E-state index is 0.0992. The molecule has 0 N–H and O–H groups in total. The number of amides is 1. The molecular weight excluding hydrogens is 470 g/mol. The molecule has 1 aliphatic heterocycles. The van der Waals surface area contributed by atoms with Crippen LogP contribution in [0.3, 0.4) is 0 Å². The smallest absolute Gasteiger partial charge is 0.263 e. The van der Waals surface area contributed by atoms with Crippen molar-refractivity contribution in [3.05, 3.63) is 83.4 Å². The van der Waals surface area contributed by atoms with Gasteiger partial charge in [0.2, 0.25) is 0 Å². The number of hydrogen-bond donors (Lipinski definition) is 0. The van der Waals surface area contributed by atoms with Crippen LogP contribution < -0.4 is 9.64 Å². The molecule has 36 heavy (non-hydrogen) atoms. The normalized spacial score (nSPS) is 14.2. The molecule has 5 rings (SSSR count). The third-order valence-electron chi connectivity index (χ3n) is 6.46. The summed E-state index contributed by atoms with van der Waals surface area (Å²) in [4.78, 5) is 23.2. The highest BCUT2D eigenvalue weighted by atomic mass is 32.1. The number of thiazole rings is 1. The number of morpholine rings is 1. The second-order valence-corrected chi connectivity index (χ2v) is 10.0. The van der Waals surface area contributed by atoms with Gasteiger partial charge in [0.15, 0.2) is 5.13 Å². The second kappa shape index (κ2) is 11.2. The number of carbonyl (C=O) groups is 1. The lowest BCUT2D eigenvalue weighted by Gasteiger charge is -2.28. The molecule has 6 nitrogen and oxygen atoms in total. The number of ether oxygens (including phenoxy) is 2. The van der Waals surface area contributed by atoms with Crippen molar-refractivity contribution in [2.24, 2.45) is 0 Å². The number of carbonyl (C=O) groups excluding carboxylic acids is 1. The van der Waals surface area contributed by atoms with E-state index in [0.717, 1.165) is 60.2 Å². The van der Waals surface area contributed by atoms with E-state index in [2.05, 4.69) is 30.9 Å². The van der Waals surface area contributed by atoms with Crippen LogP contribution in [0.25, 0.3) is 10.2 Å². The number of fused-ring (bicyclic) bond motifs is 1. The topological polar surface area (TPSA) is 54.9 Å². The Labute approximate surface area is 216 Å². The molecule has 0 atom stereocenters. The van der Waals surface area contributed by atoms with Gasteiger partial charge in [0.1, 0.15) is 11.5 Å². The summed E-state index contributed by atoms with van der Waals surface area (Å²) in [6.07, 6.45) is 0.849. The zero-order chi connectivity index (χ0) is 24.9. The van der Waals surface area contributed by atoms with Gasteiger partial charge in [-0.3, -0.25) is 14.6 Å². The Morgan fingerprint density at radius 3 is 2.50 bits per heavy atom. The Kier molecular flexibility index (Phi) is 7.60. The zero-order valence-corrected chi connectivity index (χ0v) is 21.6. The van der Waals surface area contributed by atoms with Crippen LogP contribution in [0.15, 0.2) is 66.7 Å². The predicted molar refractivity (Wildman–Crippen MR) is 146 cm³/mol. The van der Waals surface area contributed by atoms with Crippen LogP contribution in [0.2, 0.25) is 0 Å². The number of aromatic nitrogens is 1. The first-order chi connectivity index (χ1) is 17.6. The predicted octanol–water partition coefficient (Wildman–Crippen LogP) is 6.07. The van der Waals surface area contributed by atoms with Gasteiger partial charge < -0.3 is 9.47 Å². The van der Waals surface area contributed by atoms with Gasteiger partial charge >= 0.3 is 0 Å². The van der Waals surface area contributed by atoms with Crippen LogP contribution in [0.4, 0.5) is 5.13 Å². The van der Waals surface area contributed by atoms with Gasteiger partial charge in [-0.2, -0.15) is 0 Å². The van der Waals surface area contributed by atoms with Crippen LogP contribution in [-0.2, 0) is 4.74 Å². The third kappa shape index (κ3) is 5.43. The highest BCUT2D eigenvalue weighted by molar-refractivity contribution is 7.22. The maximum atomic E-state index is 14.1. The first kappa shape index (κ1) is 24.4. The molecule has 0 radical (unpaired) electrons. The number of benzene rings is 3. The Bertz CT molecular complexity index is 1290. The van der Waals surface area contributed by atoms with Crippen LogP contribution in [-0.4, -0.2) is 55.2 Å². The van der Waals surface area contributed by atoms with E-state index in [-0.39, 0.29) is 5.91 Å². The average Bonchev–Trinajstić information content (AvgIpc) is 3.37. The summed E-state index contributed by atoms with van der Waals surface area (Å²) in [6.45, 7) is 9.05. The Hall–Kier alpha value is -3.26. The van der Waals surface area contributed by atoms with E-state index in [1.165, 1.54) is 5.56 Å². The van der Waals surface area contributed by atoms with Crippen molar-refractivity contribution in [3.63, 3.8) is 0 Å². The van der Waals surface area contributed by atoms with Crippen molar-refractivity contribution >= 4 is 32.6 Å². The highest BCUT2D eigenvalue weighted by Gasteiger charge is 2.25. The standard InChI is InChI=1S/C29H31N3O3S/c1-21-13-14-22(2)27-26(21)30-29(36-27)32(16-8-15-31-17-19-34-20-18-31)28(33)24-11-6-7-12-25(24)35-23-9-4-3-5-10-23/h3-7,9-14H,8,15-20H2,1-2H3. The summed E-state index contributed by atoms with van der Waals surface area (Å²) in [5.41, 5.74) is 3.79. The van der Waals surface area contributed by atoms with Gasteiger partial charge in [-0.05, 0) is 55.7 Å². The van der Waals surface area contributed by atoms with Crippen molar-refractivity contribution in [1.29, 1.82) is 0 Å². The highest BCUT2D eigenvalue weighted by Crippen LogP contribution is 2.35. The van der Waals surface area contributed by atoms with Crippen LogP contribution in [0, 0.1) is 13.8 Å². The first-order valence-electron chi connectivity index (χ1n) is 12.4. The van der Waals surface area contributed by atoms with Crippen LogP contribution in [0.5, 0.6) is 11.5 Å². The summed E-state index contributed by atoms with van der Waals surface area (Å²) in [6, 6.07) is 21.2. The minimum Gasteiger partial charge on any atom is -0.457 e. The maximum absolute atomic E-state index is 14.1. The lowest BCUT2D eigenvalue weighted by molar-refractivity contribution is 0.0376. The summed E-state index contributed by atoms with van der Waals surface area (Å²) < 4.78 is 12.7. The Morgan fingerprint density at radius 2 is 1.72 bits per heavy atom. The van der Waals surface area contributed by atoms with Gasteiger partial charge in [0, 0.05) is 26.2 Å². The van der Waals surface area contributed by atoms with Crippen LogP contribution >= 0.6 is 11.3 Å². The molecule has 1 fully saturated rings. The van der Waals surface area contributed by atoms with Gasteiger partial charge in [-0.25, -0.2) is 4.98 Å². The van der Waals surface area contributed by atoms with E-state index >= 15 is 0 Å². The number of anilines is 1. The number of aryl methyl sites for hydroxylation is 2. The molecular formula is C29H31N3O3S. The molecule has 1 amide bonds. The number of para-hydroxylation sites is 2. The molecule has 1 aromatic heterocycles. The molecule has 0 aliphatic carbocycles. The fraction of sp³-hybridized carbons (Fsp3) is 0.310. The molecule has 4 aromatic rings. The summed E-state index contributed by atoms with van der Waals surface area (Å²) in [7, 11) is 0. The van der Waals surface area contributed by atoms with E-state index < -0.39 is 0 Å². The molecule has 3 aromatic carbocycles. The van der Waals surface area contributed by atoms with E-state index in [9.17, 15) is 4.79 Å². The van der Waals surface area contributed by atoms with E-state index in [0.29, 0.717) is 23.6 Å². The SMILES string of the molecule is Cc1ccc(C)c2sc(N(CCCN3CCOCC3)C(=O)c3ccccc3Oc3ccccc3)nc12. The number of rotatable bonds is 8. The molecule has 7 heteroatoms. The molecule has 0 bridgehead atoms. The Morgan fingerprint density at radius 1 is 1.00 bits per heavy atom. The summed E-state index contributed by atoms with van der Waals surface area (Å²) in [5.74, 6) is 1.14. The molecule has 186 valence electrons. The summed E-state index contributed by atoms with van der Waals surface area (Å²) in [5, 5.41) is 0.726. The van der Waals surface area contributed by atoms with Gasteiger partial charge in [0.05, 0.1) is 29.0 Å². The molecule has 0 unspecified atom stereocenters. The quantitative estimate of drug-likeness (QED) is 0.293.